The molecule has 1 heterocycles. The SMILES string of the molecule is O=c1[nH]c2ccc(S(=O)(=O)[O-])cc2[nH]c1=O. The normalized spacial score (nSPS) is 11.8. The van der Waals surface area contributed by atoms with E-state index in [1.165, 1.54) is 6.07 Å². The van der Waals surface area contributed by atoms with Crippen LogP contribution in [0.4, 0.5) is 0 Å². The van der Waals surface area contributed by atoms with Crippen molar-refractivity contribution in [1.82, 2.24) is 9.97 Å². The highest BCUT2D eigenvalue weighted by molar-refractivity contribution is 7.85. The van der Waals surface area contributed by atoms with Crippen molar-refractivity contribution in [1.29, 1.82) is 0 Å². The lowest BCUT2D eigenvalue weighted by Gasteiger charge is -2.07. The smallest absolute Gasteiger partial charge is 0.314 e. The average Bonchev–Trinajstić information content (AvgIpc) is 2.17. The molecule has 1 aromatic carbocycles. The topological polar surface area (TPSA) is 123 Å². The molecule has 0 unspecified atom stereocenters. The lowest BCUT2D eigenvalue weighted by Crippen LogP contribution is -2.28. The van der Waals surface area contributed by atoms with Crippen molar-refractivity contribution in [2.75, 3.05) is 0 Å². The lowest BCUT2D eigenvalue weighted by molar-refractivity contribution is 0.463. The van der Waals surface area contributed by atoms with Crippen LogP contribution < -0.4 is 11.1 Å². The second-order valence-corrected chi connectivity index (χ2v) is 4.45. The number of nitrogens with one attached hydrogen (secondary N) is 2. The van der Waals surface area contributed by atoms with Crippen LogP contribution in [0, 0.1) is 0 Å². The number of H-pyrrole nitrogens is 2. The summed E-state index contributed by atoms with van der Waals surface area (Å²) in [7, 11) is -4.58. The Balaban J connectivity index is 2.87. The second-order valence-electron chi connectivity index (χ2n) is 3.07. The van der Waals surface area contributed by atoms with Gasteiger partial charge < -0.3 is 14.5 Å². The molecule has 2 rings (SSSR count). The Morgan fingerprint density at radius 1 is 1.00 bits per heavy atom. The quantitative estimate of drug-likeness (QED) is 0.495. The van der Waals surface area contributed by atoms with Crippen LogP contribution in [0.25, 0.3) is 11.0 Å². The average molecular weight is 241 g/mol. The van der Waals surface area contributed by atoms with Crippen LogP contribution in [0.15, 0.2) is 32.7 Å². The van der Waals surface area contributed by atoms with E-state index in [9.17, 15) is 22.6 Å². The highest BCUT2D eigenvalue weighted by Gasteiger charge is 2.04. The van der Waals surface area contributed by atoms with E-state index in [4.69, 9.17) is 0 Å². The van der Waals surface area contributed by atoms with E-state index < -0.39 is 26.1 Å². The minimum atomic E-state index is -4.58. The summed E-state index contributed by atoms with van der Waals surface area (Å²) in [4.78, 5) is 25.8. The van der Waals surface area contributed by atoms with E-state index in [-0.39, 0.29) is 11.0 Å². The molecule has 0 saturated heterocycles. The summed E-state index contributed by atoms with van der Waals surface area (Å²) < 4.78 is 32.1. The van der Waals surface area contributed by atoms with E-state index in [1.54, 1.807) is 0 Å². The van der Waals surface area contributed by atoms with Crippen molar-refractivity contribution in [2.24, 2.45) is 0 Å². The molecule has 1 aromatic heterocycles. The van der Waals surface area contributed by atoms with Gasteiger partial charge in [-0.05, 0) is 18.2 Å². The Hall–Kier alpha value is -1.93. The molecule has 0 saturated carbocycles. The van der Waals surface area contributed by atoms with Gasteiger partial charge in [-0.25, -0.2) is 8.42 Å². The van der Waals surface area contributed by atoms with Crippen LogP contribution in [-0.4, -0.2) is 22.9 Å². The van der Waals surface area contributed by atoms with E-state index in [0.29, 0.717) is 0 Å². The van der Waals surface area contributed by atoms with Crippen LogP contribution in [0.1, 0.15) is 0 Å². The summed E-state index contributed by atoms with van der Waals surface area (Å²) in [5.41, 5.74) is -1.42. The van der Waals surface area contributed by atoms with Crippen molar-refractivity contribution in [3.8, 4) is 0 Å². The predicted octanol–water partition coefficient (Wildman–Crippen LogP) is -0.879. The van der Waals surface area contributed by atoms with Gasteiger partial charge in [-0.1, -0.05) is 0 Å². The molecule has 0 spiro atoms. The number of benzene rings is 1. The third kappa shape index (κ3) is 1.75. The molecular weight excluding hydrogens is 236 g/mol. The first-order valence-corrected chi connectivity index (χ1v) is 5.51. The zero-order valence-corrected chi connectivity index (χ0v) is 8.50. The van der Waals surface area contributed by atoms with Crippen molar-refractivity contribution >= 4 is 21.2 Å². The van der Waals surface area contributed by atoms with Gasteiger partial charge >= 0.3 is 11.1 Å². The minimum Gasteiger partial charge on any atom is -0.744 e. The van der Waals surface area contributed by atoms with Gasteiger partial charge in [0.2, 0.25) is 0 Å². The van der Waals surface area contributed by atoms with Crippen molar-refractivity contribution in [2.45, 2.75) is 4.90 Å². The predicted molar refractivity (Wildman–Crippen MR) is 53.2 cm³/mol. The molecule has 0 amide bonds. The fourth-order valence-electron chi connectivity index (χ4n) is 1.25. The van der Waals surface area contributed by atoms with Gasteiger partial charge in [-0.15, -0.1) is 0 Å². The number of aromatic amines is 2. The number of fused-ring (bicyclic) bond motifs is 1. The Morgan fingerprint density at radius 3 is 2.12 bits per heavy atom. The zero-order valence-electron chi connectivity index (χ0n) is 7.68. The number of aromatic nitrogens is 2. The second kappa shape index (κ2) is 3.29. The molecule has 0 atom stereocenters. The van der Waals surface area contributed by atoms with Crippen molar-refractivity contribution in [3.05, 3.63) is 38.9 Å². The van der Waals surface area contributed by atoms with Gasteiger partial charge in [0, 0.05) is 0 Å². The molecule has 2 aromatic rings. The summed E-state index contributed by atoms with van der Waals surface area (Å²) >= 11 is 0. The van der Waals surface area contributed by atoms with Crippen LogP contribution >= 0.6 is 0 Å². The Labute approximate surface area is 88.5 Å². The van der Waals surface area contributed by atoms with E-state index >= 15 is 0 Å². The Kier molecular flexibility index (Phi) is 2.17. The maximum Gasteiger partial charge on any atom is 0.314 e. The summed E-state index contributed by atoms with van der Waals surface area (Å²) in [6.07, 6.45) is 0. The van der Waals surface area contributed by atoms with E-state index in [0.717, 1.165) is 12.1 Å². The molecule has 0 aliphatic heterocycles. The highest BCUT2D eigenvalue weighted by Crippen LogP contribution is 2.13. The largest absolute Gasteiger partial charge is 0.744 e. The van der Waals surface area contributed by atoms with Crippen molar-refractivity contribution in [3.63, 3.8) is 0 Å². The zero-order chi connectivity index (χ0) is 11.9. The van der Waals surface area contributed by atoms with Gasteiger partial charge in [0.1, 0.15) is 10.1 Å². The summed E-state index contributed by atoms with van der Waals surface area (Å²) in [5.74, 6) is 0. The molecule has 0 aliphatic carbocycles. The summed E-state index contributed by atoms with van der Waals surface area (Å²) in [6, 6.07) is 3.28. The highest BCUT2D eigenvalue weighted by atomic mass is 32.2. The third-order valence-corrected chi connectivity index (χ3v) is 2.81. The molecular formula is C8H5N2O5S-. The van der Waals surface area contributed by atoms with Crippen LogP contribution in [0.5, 0.6) is 0 Å². The van der Waals surface area contributed by atoms with E-state index in [1.807, 2.05) is 0 Å². The van der Waals surface area contributed by atoms with Crippen LogP contribution in [-0.2, 0) is 10.1 Å². The minimum absolute atomic E-state index is 0.0847. The number of hydrogen-bond acceptors (Lipinski definition) is 5. The molecule has 2 N–H and O–H groups in total. The van der Waals surface area contributed by atoms with Gasteiger partial charge in [0.25, 0.3) is 0 Å². The molecule has 0 radical (unpaired) electrons. The van der Waals surface area contributed by atoms with Crippen LogP contribution in [0.2, 0.25) is 0 Å². The van der Waals surface area contributed by atoms with Crippen molar-refractivity contribution < 1.29 is 13.0 Å². The summed E-state index contributed by atoms with van der Waals surface area (Å²) in [6.45, 7) is 0. The first-order chi connectivity index (χ1) is 7.38. The first kappa shape index (κ1) is 10.6. The number of rotatable bonds is 1. The monoisotopic (exact) mass is 241 g/mol. The Bertz CT molecular complexity index is 771. The molecule has 0 fully saturated rings. The lowest BCUT2D eigenvalue weighted by atomic mass is 10.3. The fraction of sp³-hybridized carbons (Fsp3) is 0. The molecule has 8 heteroatoms. The van der Waals surface area contributed by atoms with E-state index in [2.05, 4.69) is 9.97 Å². The van der Waals surface area contributed by atoms with Gasteiger partial charge in [-0.3, -0.25) is 9.59 Å². The van der Waals surface area contributed by atoms with Gasteiger partial charge in [-0.2, -0.15) is 0 Å². The maximum atomic E-state index is 11.0. The fourth-order valence-corrected chi connectivity index (χ4v) is 1.75. The molecule has 16 heavy (non-hydrogen) atoms. The molecule has 7 nitrogen and oxygen atoms in total. The van der Waals surface area contributed by atoms with Gasteiger partial charge in [0.05, 0.1) is 15.9 Å². The maximum absolute atomic E-state index is 11.0. The standard InChI is InChI=1S/C8H6N2O5S/c11-7-8(12)10-6-3-4(16(13,14)15)1-2-5(6)9-7/h1-3H,(H,9,11)(H,10,12)(H,13,14,15)/p-1. The first-order valence-electron chi connectivity index (χ1n) is 4.10. The van der Waals surface area contributed by atoms with Crippen LogP contribution in [0.3, 0.4) is 0 Å². The molecule has 0 bridgehead atoms. The third-order valence-electron chi connectivity index (χ3n) is 1.98. The molecule has 0 aliphatic rings. The summed E-state index contributed by atoms with van der Waals surface area (Å²) in [5, 5.41) is 0. The van der Waals surface area contributed by atoms with Gasteiger partial charge in [0.15, 0.2) is 0 Å². The number of hydrogen-bond donors (Lipinski definition) is 2. The Morgan fingerprint density at radius 2 is 1.56 bits per heavy atom. The molecule has 84 valence electrons.